The first-order valence-corrected chi connectivity index (χ1v) is 8.51. The molecule has 0 fully saturated rings. The first-order chi connectivity index (χ1) is 10.7. The van der Waals surface area contributed by atoms with Gasteiger partial charge in [-0.3, -0.25) is 0 Å². The van der Waals surface area contributed by atoms with Crippen molar-refractivity contribution in [2.45, 2.75) is 17.7 Å². The number of nitrogens with zero attached hydrogens (tertiary/aromatic N) is 1. The summed E-state index contributed by atoms with van der Waals surface area (Å²) in [6.45, 7) is 0.372. The predicted octanol–water partition coefficient (Wildman–Crippen LogP) is 2.74. The molecule has 0 aliphatic carbocycles. The maximum atomic E-state index is 12.5. The van der Waals surface area contributed by atoms with E-state index < -0.39 is 10.0 Å². The second kappa shape index (κ2) is 6.29. The third kappa shape index (κ3) is 3.18. The second-order valence-electron chi connectivity index (χ2n) is 5.01. The summed E-state index contributed by atoms with van der Waals surface area (Å²) in [5.41, 5.74) is 0.962. The lowest BCUT2D eigenvalue weighted by Gasteiger charge is -2.09. The monoisotopic (exact) mass is 316 g/mol. The zero-order valence-corrected chi connectivity index (χ0v) is 12.7. The van der Waals surface area contributed by atoms with Gasteiger partial charge in [-0.15, -0.1) is 0 Å². The average molecular weight is 316 g/mol. The summed E-state index contributed by atoms with van der Waals surface area (Å²) >= 11 is 0. The van der Waals surface area contributed by atoms with E-state index in [4.69, 9.17) is 4.52 Å². The fraction of sp³-hybridized carbons (Fsp3) is 0.188. The van der Waals surface area contributed by atoms with Crippen molar-refractivity contribution >= 4 is 20.8 Å². The van der Waals surface area contributed by atoms with Gasteiger partial charge in [-0.2, -0.15) is 0 Å². The summed E-state index contributed by atoms with van der Waals surface area (Å²) in [5, 5.41) is 5.26. The van der Waals surface area contributed by atoms with Gasteiger partial charge >= 0.3 is 0 Å². The fourth-order valence-electron chi connectivity index (χ4n) is 2.36. The Bertz CT molecular complexity index is 853. The fourth-order valence-corrected chi connectivity index (χ4v) is 3.66. The molecule has 5 nitrogen and oxygen atoms in total. The Morgan fingerprint density at radius 3 is 2.73 bits per heavy atom. The predicted molar refractivity (Wildman–Crippen MR) is 84.0 cm³/mol. The van der Waals surface area contributed by atoms with E-state index in [1.54, 1.807) is 24.6 Å². The first kappa shape index (κ1) is 14.7. The molecule has 22 heavy (non-hydrogen) atoms. The number of nitrogens with one attached hydrogen (secondary N) is 1. The number of hydrogen-bond acceptors (Lipinski definition) is 4. The molecule has 0 saturated carbocycles. The number of hydrogen-bond donors (Lipinski definition) is 1. The molecule has 1 N–H and O–H groups in total. The van der Waals surface area contributed by atoms with Crippen LogP contribution in [0.5, 0.6) is 0 Å². The Kier molecular flexibility index (Phi) is 4.22. The molecule has 1 aromatic heterocycles. The van der Waals surface area contributed by atoms with E-state index in [-0.39, 0.29) is 0 Å². The van der Waals surface area contributed by atoms with Crippen LogP contribution < -0.4 is 4.72 Å². The number of rotatable bonds is 6. The van der Waals surface area contributed by atoms with Crippen molar-refractivity contribution in [3.05, 3.63) is 60.5 Å². The summed E-state index contributed by atoms with van der Waals surface area (Å²) in [6, 6.07) is 12.7. The molecule has 0 bridgehead atoms. The van der Waals surface area contributed by atoms with Crippen LogP contribution >= 0.6 is 0 Å². The third-order valence-electron chi connectivity index (χ3n) is 3.46. The van der Waals surface area contributed by atoms with Gasteiger partial charge < -0.3 is 4.52 Å². The summed E-state index contributed by atoms with van der Waals surface area (Å²) in [4.78, 5) is 0.315. The normalized spacial score (nSPS) is 11.8. The van der Waals surface area contributed by atoms with E-state index in [0.717, 1.165) is 22.8 Å². The highest BCUT2D eigenvalue weighted by atomic mass is 32.2. The minimum atomic E-state index is -3.52. The Morgan fingerprint density at radius 2 is 1.91 bits per heavy atom. The topological polar surface area (TPSA) is 72.2 Å². The SMILES string of the molecule is O=S(=O)(NCCCc1cnoc1)c1cccc2ccccc12. The lowest BCUT2D eigenvalue weighted by molar-refractivity contribution is 0.418. The van der Waals surface area contributed by atoms with Gasteiger partial charge in [-0.1, -0.05) is 41.6 Å². The summed E-state index contributed by atoms with van der Waals surface area (Å²) in [5.74, 6) is 0. The zero-order valence-electron chi connectivity index (χ0n) is 11.9. The van der Waals surface area contributed by atoms with E-state index in [1.807, 2.05) is 30.3 Å². The number of sulfonamides is 1. The van der Waals surface area contributed by atoms with Crippen LogP contribution in [0.4, 0.5) is 0 Å². The zero-order chi connectivity index (χ0) is 15.4. The quantitative estimate of drug-likeness (QED) is 0.710. The Labute approximate surface area is 129 Å². The van der Waals surface area contributed by atoms with E-state index in [9.17, 15) is 8.42 Å². The smallest absolute Gasteiger partial charge is 0.241 e. The maximum Gasteiger partial charge on any atom is 0.241 e. The second-order valence-corrected chi connectivity index (χ2v) is 6.75. The van der Waals surface area contributed by atoms with E-state index in [1.165, 1.54) is 0 Å². The van der Waals surface area contributed by atoms with Crippen LogP contribution in [-0.4, -0.2) is 20.1 Å². The maximum absolute atomic E-state index is 12.5. The summed E-state index contributed by atoms with van der Waals surface area (Å²) < 4.78 is 32.3. The van der Waals surface area contributed by atoms with Crippen molar-refractivity contribution < 1.29 is 12.9 Å². The Hall–Kier alpha value is -2.18. The van der Waals surface area contributed by atoms with Gasteiger partial charge in [0.05, 0.1) is 11.1 Å². The number of aryl methyl sites for hydroxylation is 1. The first-order valence-electron chi connectivity index (χ1n) is 7.02. The molecule has 0 aliphatic heterocycles. The molecule has 0 aliphatic rings. The van der Waals surface area contributed by atoms with Gasteiger partial charge in [0.15, 0.2) is 0 Å². The van der Waals surface area contributed by atoms with Crippen molar-refractivity contribution in [3.63, 3.8) is 0 Å². The Balaban J connectivity index is 1.72. The molecule has 6 heteroatoms. The van der Waals surface area contributed by atoms with Crippen molar-refractivity contribution in [3.8, 4) is 0 Å². The number of benzene rings is 2. The summed E-state index contributed by atoms with van der Waals surface area (Å²) in [7, 11) is -3.52. The van der Waals surface area contributed by atoms with Crippen LogP contribution in [0, 0.1) is 0 Å². The number of aromatic nitrogens is 1. The highest BCUT2D eigenvalue weighted by molar-refractivity contribution is 7.89. The van der Waals surface area contributed by atoms with Crippen LogP contribution in [0.3, 0.4) is 0 Å². The highest BCUT2D eigenvalue weighted by Gasteiger charge is 2.16. The molecule has 3 rings (SSSR count). The molecule has 0 radical (unpaired) electrons. The van der Waals surface area contributed by atoms with Gasteiger partial charge in [0.25, 0.3) is 0 Å². The van der Waals surface area contributed by atoms with Gasteiger partial charge in [0.2, 0.25) is 10.0 Å². The van der Waals surface area contributed by atoms with Gasteiger partial charge in [-0.25, -0.2) is 13.1 Å². The van der Waals surface area contributed by atoms with Crippen LogP contribution in [0.2, 0.25) is 0 Å². The molecular formula is C16H16N2O3S. The molecule has 1 heterocycles. The highest BCUT2D eigenvalue weighted by Crippen LogP contribution is 2.22. The van der Waals surface area contributed by atoms with Crippen molar-refractivity contribution in [2.24, 2.45) is 0 Å². The van der Waals surface area contributed by atoms with Crippen LogP contribution in [0.1, 0.15) is 12.0 Å². The summed E-state index contributed by atoms with van der Waals surface area (Å²) in [6.07, 6.45) is 4.62. The van der Waals surface area contributed by atoms with Crippen LogP contribution in [-0.2, 0) is 16.4 Å². The van der Waals surface area contributed by atoms with Crippen molar-refractivity contribution in [1.82, 2.24) is 9.88 Å². The third-order valence-corrected chi connectivity index (χ3v) is 4.98. The van der Waals surface area contributed by atoms with Crippen molar-refractivity contribution in [1.29, 1.82) is 0 Å². The standard InChI is InChI=1S/C16H16N2O3S/c19-22(20,18-10-4-5-13-11-17-21-12-13)16-9-3-7-14-6-1-2-8-15(14)16/h1-3,6-9,11-12,18H,4-5,10H2. The molecular weight excluding hydrogens is 300 g/mol. The molecule has 2 aromatic carbocycles. The molecule has 3 aromatic rings. The van der Waals surface area contributed by atoms with Gasteiger partial charge in [0, 0.05) is 17.5 Å². The molecule has 0 amide bonds. The van der Waals surface area contributed by atoms with E-state index in [0.29, 0.717) is 17.9 Å². The lowest BCUT2D eigenvalue weighted by Crippen LogP contribution is -2.25. The number of fused-ring (bicyclic) bond motifs is 1. The molecule has 0 saturated heterocycles. The molecule has 0 spiro atoms. The minimum absolute atomic E-state index is 0.315. The van der Waals surface area contributed by atoms with E-state index >= 15 is 0 Å². The lowest BCUT2D eigenvalue weighted by atomic mass is 10.1. The Morgan fingerprint density at radius 1 is 1.09 bits per heavy atom. The van der Waals surface area contributed by atoms with Crippen molar-refractivity contribution in [2.75, 3.05) is 6.54 Å². The molecule has 0 unspecified atom stereocenters. The van der Waals surface area contributed by atoms with E-state index in [2.05, 4.69) is 9.88 Å². The van der Waals surface area contributed by atoms with Crippen LogP contribution in [0.15, 0.2) is 64.3 Å². The average Bonchev–Trinajstić information content (AvgIpc) is 3.04. The molecule has 114 valence electrons. The largest absolute Gasteiger partial charge is 0.364 e. The van der Waals surface area contributed by atoms with Gasteiger partial charge in [0.1, 0.15) is 6.26 Å². The van der Waals surface area contributed by atoms with Gasteiger partial charge in [-0.05, 0) is 24.3 Å². The minimum Gasteiger partial charge on any atom is -0.364 e. The molecule has 0 atom stereocenters. The van der Waals surface area contributed by atoms with Crippen LogP contribution in [0.25, 0.3) is 10.8 Å².